The Kier molecular flexibility index (Phi) is 4.17. The number of hydrogen-bond acceptors (Lipinski definition) is 4. The van der Waals surface area contributed by atoms with Gasteiger partial charge in [0.25, 0.3) is 0 Å². The summed E-state index contributed by atoms with van der Waals surface area (Å²) in [5, 5.41) is 0. The van der Waals surface area contributed by atoms with Gasteiger partial charge in [-0.2, -0.15) is 21.6 Å². The summed E-state index contributed by atoms with van der Waals surface area (Å²) in [7, 11) is -5.11. The summed E-state index contributed by atoms with van der Waals surface area (Å²) in [6.45, 7) is -0.757. The fraction of sp³-hybridized carbons (Fsp3) is 1.00. The molecule has 0 aliphatic carbocycles. The third-order valence-corrected chi connectivity index (χ3v) is 2.26. The van der Waals surface area contributed by atoms with Gasteiger partial charge >= 0.3 is 15.6 Å². The topological polar surface area (TPSA) is 52.6 Å². The lowest BCUT2D eigenvalue weighted by atomic mass is 10.8. The Balaban J connectivity index is 4.08. The highest BCUT2D eigenvalue weighted by Gasteiger charge is 2.47. The summed E-state index contributed by atoms with van der Waals surface area (Å²) < 4.78 is 62.8. The zero-order valence-corrected chi connectivity index (χ0v) is 8.91. The molecule has 0 unspecified atom stereocenters. The van der Waals surface area contributed by atoms with Crippen LogP contribution in [0.15, 0.2) is 0 Å². The Labute approximate surface area is 70.3 Å². The molecule has 0 aliphatic rings. The normalized spacial score (nSPS) is 13.6. The molecule has 0 aromatic carbocycles. The zero-order valence-electron chi connectivity index (χ0n) is 6.09. The quantitative estimate of drug-likeness (QED) is 0.270. The van der Waals surface area contributed by atoms with E-state index in [9.17, 15) is 21.6 Å². The number of alkyl halides is 3. The van der Waals surface area contributed by atoms with E-state index >= 15 is 0 Å². The second kappa shape index (κ2) is 4.21. The largest absolute Gasteiger partial charge is 0.523 e. The molecular formula is C3H7F3O4SSi. The van der Waals surface area contributed by atoms with E-state index in [1.807, 2.05) is 0 Å². The Bertz CT molecular complexity index is 222. The minimum atomic E-state index is -5.43. The van der Waals surface area contributed by atoms with E-state index in [4.69, 9.17) is 0 Å². The number of rotatable bonds is 4. The van der Waals surface area contributed by atoms with E-state index in [0.717, 1.165) is 0 Å². The van der Waals surface area contributed by atoms with Crippen LogP contribution >= 0.6 is 0 Å². The Hall–Kier alpha value is -0.123. The fourth-order valence-corrected chi connectivity index (χ4v) is 0.882. The van der Waals surface area contributed by atoms with Gasteiger partial charge in [-0.3, -0.25) is 4.18 Å². The van der Waals surface area contributed by atoms with Crippen molar-refractivity contribution < 1.29 is 30.2 Å². The highest BCUT2D eigenvalue weighted by Crippen LogP contribution is 2.24. The minimum absolute atomic E-state index is 0.151. The summed E-state index contributed by atoms with van der Waals surface area (Å²) in [5.74, 6) is 0. The predicted octanol–water partition coefficient (Wildman–Crippen LogP) is -0.850. The van der Waals surface area contributed by atoms with Crippen LogP contribution in [0.2, 0.25) is 0 Å². The molecule has 74 valence electrons. The number of hydrogen-bond donors (Lipinski definition) is 0. The van der Waals surface area contributed by atoms with Gasteiger partial charge in [0.15, 0.2) is 0 Å². The molecule has 12 heavy (non-hydrogen) atoms. The van der Waals surface area contributed by atoms with Crippen molar-refractivity contribution >= 4 is 20.6 Å². The van der Waals surface area contributed by atoms with Crippen molar-refractivity contribution in [3.8, 4) is 0 Å². The molecule has 0 aliphatic heterocycles. The van der Waals surface area contributed by atoms with Crippen LogP contribution in [0.25, 0.3) is 0 Å². The van der Waals surface area contributed by atoms with Crippen molar-refractivity contribution in [3.05, 3.63) is 0 Å². The van der Waals surface area contributed by atoms with Crippen LogP contribution in [-0.2, 0) is 18.7 Å². The lowest BCUT2D eigenvalue weighted by Gasteiger charge is -2.07. The average Bonchev–Trinajstić information content (AvgIpc) is 1.85. The maximum atomic E-state index is 11.5. The molecule has 9 heteroatoms. The van der Waals surface area contributed by atoms with E-state index in [1.165, 1.54) is 0 Å². The molecule has 0 saturated heterocycles. The fourth-order valence-electron chi connectivity index (χ4n) is 0.294. The highest BCUT2D eigenvalue weighted by molar-refractivity contribution is 7.87. The molecule has 0 atom stereocenters. The molecule has 0 spiro atoms. The van der Waals surface area contributed by atoms with Crippen LogP contribution in [0.5, 0.6) is 0 Å². The van der Waals surface area contributed by atoms with Crippen molar-refractivity contribution in [3.63, 3.8) is 0 Å². The lowest BCUT2D eigenvalue weighted by Crippen LogP contribution is -2.26. The maximum Gasteiger partial charge on any atom is 0.523 e. The molecule has 0 N–H and O–H groups in total. The summed E-state index contributed by atoms with van der Waals surface area (Å²) in [4.78, 5) is 0. The first-order chi connectivity index (χ1) is 5.31. The van der Waals surface area contributed by atoms with Crippen LogP contribution in [0.1, 0.15) is 0 Å². The van der Waals surface area contributed by atoms with Gasteiger partial charge in [-0.15, -0.1) is 0 Å². The zero-order chi connectivity index (χ0) is 9.83. The smallest absolute Gasteiger partial charge is 0.426 e. The molecule has 0 fully saturated rings. The van der Waals surface area contributed by atoms with Crippen molar-refractivity contribution in [2.24, 2.45) is 0 Å². The van der Waals surface area contributed by atoms with Gasteiger partial charge in [-0.1, -0.05) is 0 Å². The number of halogens is 3. The third kappa shape index (κ3) is 3.52. The SMILES string of the molecule is O=S(=O)(OCCO[SiH3])C(F)(F)F. The van der Waals surface area contributed by atoms with Crippen LogP contribution in [0, 0.1) is 0 Å². The van der Waals surface area contributed by atoms with E-state index in [-0.39, 0.29) is 6.61 Å². The molecule has 0 rings (SSSR count). The highest BCUT2D eigenvalue weighted by atomic mass is 32.2. The summed E-state index contributed by atoms with van der Waals surface area (Å²) in [5.41, 5.74) is -5.35. The molecule has 0 bridgehead atoms. The van der Waals surface area contributed by atoms with Crippen molar-refractivity contribution in [2.75, 3.05) is 13.2 Å². The van der Waals surface area contributed by atoms with Crippen molar-refractivity contribution in [1.29, 1.82) is 0 Å². The van der Waals surface area contributed by atoms with E-state index in [0.29, 0.717) is 10.5 Å². The van der Waals surface area contributed by atoms with Gasteiger partial charge in [0.05, 0.1) is 13.2 Å². The van der Waals surface area contributed by atoms with Gasteiger partial charge in [0.1, 0.15) is 10.5 Å². The van der Waals surface area contributed by atoms with Gasteiger partial charge in [0, 0.05) is 0 Å². The molecule has 0 aromatic heterocycles. The van der Waals surface area contributed by atoms with E-state index < -0.39 is 22.2 Å². The van der Waals surface area contributed by atoms with Crippen molar-refractivity contribution in [2.45, 2.75) is 5.51 Å². The molecular weight excluding hydrogens is 217 g/mol. The first-order valence-electron chi connectivity index (χ1n) is 2.76. The van der Waals surface area contributed by atoms with Crippen molar-refractivity contribution in [1.82, 2.24) is 0 Å². The maximum absolute atomic E-state index is 11.5. The first kappa shape index (κ1) is 11.9. The molecule has 0 saturated carbocycles. The van der Waals surface area contributed by atoms with Gasteiger partial charge in [-0.25, -0.2) is 0 Å². The van der Waals surface area contributed by atoms with Gasteiger partial charge in [-0.05, 0) is 0 Å². The Morgan fingerprint density at radius 3 is 2.08 bits per heavy atom. The summed E-state index contributed by atoms with van der Waals surface area (Å²) >= 11 is 0. The van der Waals surface area contributed by atoms with Gasteiger partial charge < -0.3 is 4.43 Å². The molecule has 0 aromatic rings. The van der Waals surface area contributed by atoms with E-state index in [2.05, 4.69) is 8.61 Å². The molecule has 0 amide bonds. The first-order valence-corrected chi connectivity index (χ1v) is 4.98. The average molecular weight is 224 g/mol. The molecule has 0 radical (unpaired) electrons. The monoisotopic (exact) mass is 224 g/mol. The van der Waals surface area contributed by atoms with Crippen LogP contribution in [0.3, 0.4) is 0 Å². The minimum Gasteiger partial charge on any atom is -0.426 e. The molecule has 4 nitrogen and oxygen atoms in total. The Morgan fingerprint density at radius 1 is 1.25 bits per heavy atom. The van der Waals surface area contributed by atoms with E-state index in [1.54, 1.807) is 0 Å². The predicted molar refractivity (Wildman–Crippen MR) is 36.8 cm³/mol. The van der Waals surface area contributed by atoms with Gasteiger partial charge in [0.2, 0.25) is 0 Å². The van der Waals surface area contributed by atoms with Crippen LogP contribution in [-0.4, -0.2) is 37.6 Å². The van der Waals surface area contributed by atoms with Crippen LogP contribution < -0.4 is 0 Å². The third-order valence-electron chi connectivity index (χ3n) is 0.809. The summed E-state index contributed by atoms with van der Waals surface area (Å²) in [6, 6.07) is 0. The summed E-state index contributed by atoms with van der Waals surface area (Å²) in [6.07, 6.45) is 0. The van der Waals surface area contributed by atoms with Crippen LogP contribution in [0.4, 0.5) is 13.2 Å². The lowest BCUT2D eigenvalue weighted by molar-refractivity contribution is -0.0546. The second-order valence-electron chi connectivity index (χ2n) is 1.71. The Morgan fingerprint density at radius 2 is 1.75 bits per heavy atom. The molecule has 0 heterocycles. The standard InChI is InChI=1S/C3H7F3O4SSi/c4-3(5,6)11(7,8)9-1-2-10-12/h1-2H2,12H3. The second-order valence-corrected chi connectivity index (χ2v) is 3.90.